The average Bonchev–Trinajstić information content (AvgIpc) is 3.61. The molecule has 0 bridgehead atoms. The van der Waals surface area contributed by atoms with Gasteiger partial charge in [0.2, 0.25) is 17.7 Å². The fourth-order valence-electron chi connectivity index (χ4n) is 8.24. The lowest BCUT2D eigenvalue weighted by Gasteiger charge is -2.35. The Labute approximate surface area is 288 Å². The molecule has 3 aliphatic rings. The van der Waals surface area contributed by atoms with Gasteiger partial charge in [0.05, 0.1) is 18.1 Å². The summed E-state index contributed by atoms with van der Waals surface area (Å²) in [5, 5.41) is 9.23. The van der Waals surface area contributed by atoms with Crippen LogP contribution in [0.1, 0.15) is 108 Å². The minimum absolute atomic E-state index is 0.0399. The number of likely N-dealkylation sites (N-methyl/N-ethyl adjacent to an activating group) is 1. The van der Waals surface area contributed by atoms with E-state index in [1.54, 1.807) is 11.9 Å². The van der Waals surface area contributed by atoms with E-state index in [4.69, 9.17) is 11.5 Å². The summed E-state index contributed by atoms with van der Waals surface area (Å²) in [4.78, 5) is 57.1. The van der Waals surface area contributed by atoms with Crippen molar-refractivity contribution in [1.29, 1.82) is 0 Å². The smallest absolute Gasteiger partial charge is 0.245 e. The zero-order valence-electron chi connectivity index (χ0n) is 29.3. The highest BCUT2D eigenvalue weighted by Crippen LogP contribution is 2.34. The molecular formula is C38H62N6O4. The number of hydrogen-bond acceptors (Lipinski definition) is 7. The molecule has 2 saturated carbocycles. The summed E-state index contributed by atoms with van der Waals surface area (Å²) in [7, 11) is 1.75. The molecule has 1 aromatic carbocycles. The van der Waals surface area contributed by atoms with E-state index in [9.17, 15) is 19.2 Å². The first kappa shape index (κ1) is 38.0. The number of nitrogens with two attached hydrogens (primary N) is 2. The number of rotatable bonds is 18. The molecule has 5 atom stereocenters. The first-order chi connectivity index (χ1) is 23.3. The van der Waals surface area contributed by atoms with E-state index >= 15 is 0 Å². The molecule has 1 unspecified atom stereocenters. The normalized spacial score (nSPS) is 21.6. The summed E-state index contributed by atoms with van der Waals surface area (Å²) < 4.78 is 0. The van der Waals surface area contributed by atoms with Crippen LogP contribution in [-0.2, 0) is 25.6 Å². The molecule has 1 saturated heterocycles. The van der Waals surface area contributed by atoms with Gasteiger partial charge < -0.3 is 32.3 Å². The van der Waals surface area contributed by atoms with Crippen LogP contribution in [0.15, 0.2) is 30.3 Å². The third-order valence-electron chi connectivity index (χ3n) is 11.1. The summed E-state index contributed by atoms with van der Waals surface area (Å²) in [5.74, 6) is -0.265. The number of nitrogens with one attached hydrogen (secondary N) is 3. The lowest BCUT2D eigenvalue weighted by Crippen LogP contribution is -2.56. The number of nitrogens with zero attached hydrogens (tertiary/aromatic N) is 1. The van der Waals surface area contributed by atoms with Gasteiger partial charge in [0.1, 0.15) is 6.04 Å². The molecule has 4 rings (SSSR count). The third-order valence-corrected chi connectivity index (χ3v) is 11.1. The minimum atomic E-state index is -0.741. The van der Waals surface area contributed by atoms with Crippen LogP contribution < -0.4 is 27.4 Å². The van der Waals surface area contributed by atoms with Gasteiger partial charge in [0.15, 0.2) is 5.78 Å². The van der Waals surface area contributed by atoms with E-state index in [1.807, 2.05) is 30.3 Å². The fraction of sp³-hybridized carbons (Fsp3) is 0.737. The van der Waals surface area contributed by atoms with Gasteiger partial charge in [0.25, 0.3) is 0 Å². The Morgan fingerprint density at radius 1 is 0.854 bits per heavy atom. The molecule has 2 aliphatic carbocycles. The summed E-state index contributed by atoms with van der Waals surface area (Å²) in [5.41, 5.74) is 13.2. The van der Waals surface area contributed by atoms with Crippen molar-refractivity contribution in [3.05, 3.63) is 35.9 Å². The number of likely N-dealkylation sites (tertiary alicyclic amines) is 1. The maximum absolute atomic E-state index is 14.4. The molecular weight excluding hydrogens is 604 g/mol. The second kappa shape index (κ2) is 20.0. The van der Waals surface area contributed by atoms with E-state index in [0.717, 1.165) is 63.4 Å². The van der Waals surface area contributed by atoms with Gasteiger partial charge in [-0.3, -0.25) is 19.2 Å². The monoisotopic (exact) mass is 666 g/mol. The topological polar surface area (TPSA) is 160 Å². The van der Waals surface area contributed by atoms with Crippen molar-refractivity contribution in [2.24, 2.45) is 29.2 Å². The number of ketones is 1. The van der Waals surface area contributed by atoms with E-state index in [2.05, 4.69) is 16.0 Å². The highest BCUT2D eigenvalue weighted by Gasteiger charge is 2.42. The Morgan fingerprint density at radius 3 is 2.21 bits per heavy atom. The number of amides is 3. The maximum Gasteiger partial charge on any atom is 0.245 e. The fourth-order valence-corrected chi connectivity index (χ4v) is 8.24. The van der Waals surface area contributed by atoms with Crippen LogP contribution in [0.5, 0.6) is 0 Å². The van der Waals surface area contributed by atoms with Crippen LogP contribution in [0.2, 0.25) is 0 Å². The van der Waals surface area contributed by atoms with Crippen molar-refractivity contribution < 1.29 is 19.2 Å². The van der Waals surface area contributed by atoms with Gasteiger partial charge in [-0.1, -0.05) is 81.7 Å². The first-order valence-electron chi connectivity index (χ1n) is 18.9. The molecule has 3 fully saturated rings. The van der Waals surface area contributed by atoms with Gasteiger partial charge in [-0.2, -0.15) is 0 Å². The second-order valence-corrected chi connectivity index (χ2v) is 14.6. The van der Waals surface area contributed by atoms with Crippen LogP contribution in [0.3, 0.4) is 0 Å². The van der Waals surface area contributed by atoms with Gasteiger partial charge in [-0.25, -0.2) is 0 Å². The lowest BCUT2D eigenvalue weighted by molar-refractivity contribution is -0.143. The molecule has 0 radical (unpaired) electrons. The Hall–Kier alpha value is -2.82. The molecule has 10 nitrogen and oxygen atoms in total. The summed E-state index contributed by atoms with van der Waals surface area (Å²) >= 11 is 0. The summed E-state index contributed by atoms with van der Waals surface area (Å²) in [6, 6.07) is 7.43. The predicted molar refractivity (Wildman–Crippen MR) is 190 cm³/mol. The standard InChI is InChI=1S/C38H62N6O4/c1-41-33(25-28-16-7-3-8-17-28)37(47)43-32(20-11-12-22-39)38(48)44-23-13-21-34(44)35(45)30(29-18-9-4-10-19-29)26-42-36(46)31(40)24-27-14-5-2-6-15-27/h3,7-8,16-17,27,29-34,41H,2,4-6,9-15,18-26,39-40H2,1H3,(H,42,46)(H,43,47)/t30?,31-,32+,33+,34+/m1/s1. The van der Waals surface area contributed by atoms with Crippen molar-refractivity contribution >= 4 is 23.5 Å². The van der Waals surface area contributed by atoms with Crippen LogP contribution in [0, 0.1) is 17.8 Å². The molecule has 1 aromatic rings. The average molecular weight is 667 g/mol. The minimum Gasteiger partial charge on any atom is -0.354 e. The van der Waals surface area contributed by atoms with Gasteiger partial charge in [0, 0.05) is 19.0 Å². The third kappa shape index (κ3) is 11.1. The quantitative estimate of drug-likeness (QED) is 0.150. The van der Waals surface area contributed by atoms with Crippen LogP contribution in [0.25, 0.3) is 0 Å². The number of Topliss-reactive ketones (excluding diaryl/α,β-unsaturated/α-hetero) is 1. The largest absolute Gasteiger partial charge is 0.354 e. The highest BCUT2D eigenvalue weighted by atomic mass is 16.2. The van der Waals surface area contributed by atoms with E-state index in [-0.39, 0.29) is 41.9 Å². The van der Waals surface area contributed by atoms with Crippen molar-refractivity contribution in [1.82, 2.24) is 20.9 Å². The molecule has 1 aliphatic heterocycles. The number of carbonyl (C=O) groups excluding carboxylic acids is 4. The highest BCUT2D eigenvalue weighted by molar-refractivity contribution is 5.95. The molecule has 3 amide bonds. The van der Waals surface area contributed by atoms with Crippen molar-refractivity contribution in [2.45, 2.75) is 133 Å². The molecule has 0 aromatic heterocycles. The number of hydrogen-bond donors (Lipinski definition) is 5. The molecule has 268 valence electrons. The van der Waals surface area contributed by atoms with Gasteiger partial charge in [-0.05, 0) is 88.8 Å². The summed E-state index contributed by atoms with van der Waals surface area (Å²) in [6.45, 7) is 1.25. The molecule has 48 heavy (non-hydrogen) atoms. The zero-order valence-corrected chi connectivity index (χ0v) is 29.3. The molecule has 7 N–H and O–H groups in total. The summed E-state index contributed by atoms with van der Waals surface area (Å²) in [6.07, 6.45) is 15.5. The van der Waals surface area contributed by atoms with E-state index in [0.29, 0.717) is 51.1 Å². The van der Waals surface area contributed by atoms with Gasteiger partial charge >= 0.3 is 0 Å². The van der Waals surface area contributed by atoms with Crippen molar-refractivity contribution in [3.8, 4) is 0 Å². The van der Waals surface area contributed by atoms with Crippen LogP contribution in [-0.4, -0.2) is 79.3 Å². The molecule has 10 heteroatoms. The maximum atomic E-state index is 14.4. The molecule has 1 heterocycles. The number of benzene rings is 1. The Morgan fingerprint density at radius 2 is 1.54 bits per heavy atom. The van der Waals surface area contributed by atoms with Crippen LogP contribution in [0.4, 0.5) is 0 Å². The number of unbranched alkanes of at least 4 members (excludes halogenated alkanes) is 1. The Kier molecular flexibility index (Phi) is 15.8. The predicted octanol–water partition coefficient (Wildman–Crippen LogP) is 3.60. The van der Waals surface area contributed by atoms with Crippen LogP contribution >= 0.6 is 0 Å². The Balaban J connectivity index is 1.44. The van der Waals surface area contributed by atoms with E-state index < -0.39 is 24.2 Å². The number of carbonyl (C=O) groups is 4. The zero-order chi connectivity index (χ0) is 34.3. The second-order valence-electron chi connectivity index (χ2n) is 14.6. The Bertz CT molecular complexity index is 1150. The van der Waals surface area contributed by atoms with Crippen molar-refractivity contribution in [3.63, 3.8) is 0 Å². The SMILES string of the molecule is CN[C@@H](Cc1ccccc1)C(=O)N[C@@H](CCCCN)C(=O)N1CCC[C@H]1C(=O)C(CNC(=O)[C@H](N)CC1CCCCC1)C1CCCCC1. The first-order valence-corrected chi connectivity index (χ1v) is 18.9. The van der Waals surface area contributed by atoms with Crippen molar-refractivity contribution in [2.75, 3.05) is 26.7 Å². The van der Waals surface area contributed by atoms with Gasteiger partial charge in [-0.15, -0.1) is 0 Å². The molecule has 0 spiro atoms. The van der Waals surface area contributed by atoms with E-state index in [1.165, 1.54) is 19.3 Å². The lowest BCUT2D eigenvalue weighted by atomic mass is 9.76.